The van der Waals surface area contributed by atoms with Crippen molar-refractivity contribution in [3.05, 3.63) is 156 Å². The Labute approximate surface area is 227 Å². The number of rotatable bonds is 6. The second kappa shape index (κ2) is 11.1. The average molecular weight is 494 g/mol. The van der Waals surface area contributed by atoms with Crippen molar-refractivity contribution in [2.24, 2.45) is 0 Å². The summed E-state index contributed by atoms with van der Waals surface area (Å²) in [4.78, 5) is 2.54. The molecule has 6 rings (SSSR count). The summed E-state index contributed by atoms with van der Waals surface area (Å²) in [7, 11) is 0. The zero-order valence-corrected chi connectivity index (χ0v) is 22.2. The molecule has 1 nitrogen and oxygen atoms in total. The molecular weight excluding hydrogens is 458 g/mol. The Morgan fingerprint density at radius 1 is 0.605 bits per heavy atom. The van der Waals surface area contributed by atoms with Gasteiger partial charge >= 0.3 is 0 Å². The maximum atomic E-state index is 2.54. The predicted octanol–water partition coefficient (Wildman–Crippen LogP) is 10.1. The highest BCUT2D eigenvalue weighted by Gasteiger charge is 2.24. The van der Waals surface area contributed by atoms with Crippen LogP contribution in [0.5, 0.6) is 0 Å². The molecule has 0 heterocycles. The molecule has 0 saturated carbocycles. The van der Waals surface area contributed by atoms with Crippen molar-refractivity contribution >= 4 is 11.3 Å². The van der Waals surface area contributed by atoms with Crippen LogP contribution < -0.4 is 4.90 Å². The normalized spacial score (nSPS) is 17.3. The van der Waals surface area contributed by atoms with Crippen molar-refractivity contribution in [2.45, 2.75) is 44.9 Å². The van der Waals surface area contributed by atoms with Crippen LogP contribution >= 0.6 is 0 Å². The highest BCUT2D eigenvalue weighted by atomic mass is 15.2. The molecule has 0 N–H and O–H groups in total. The van der Waals surface area contributed by atoms with Gasteiger partial charge in [-0.15, -0.1) is 0 Å². The average Bonchev–Trinajstić information content (AvgIpc) is 2.99. The van der Waals surface area contributed by atoms with Crippen LogP contribution in [0.15, 0.2) is 139 Å². The van der Waals surface area contributed by atoms with Crippen molar-refractivity contribution in [1.82, 2.24) is 0 Å². The number of anilines is 1. The van der Waals surface area contributed by atoms with Crippen molar-refractivity contribution in [1.29, 1.82) is 0 Å². The lowest BCUT2D eigenvalue weighted by Gasteiger charge is -2.35. The highest BCUT2D eigenvalue weighted by Crippen LogP contribution is 2.39. The van der Waals surface area contributed by atoms with Crippen molar-refractivity contribution in [3.63, 3.8) is 0 Å². The maximum Gasteiger partial charge on any atom is 0.0455 e. The summed E-state index contributed by atoms with van der Waals surface area (Å²) in [6, 6.07) is 39.7. The molecule has 0 fully saturated rings. The number of aryl methyl sites for hydroxylation is 1. The van der Waals surface area contributed by atoms with Gasteiger partial charge in [0.25, 0.3) is 0 Å². The zero-order valence-electron chi connectivity index (χ0n) is 22.2. The third kappa shape index (κ3) is 5.29. The maximum absolute atomic E-state index is 2.54. The topological polar surface area (TPSA) is 3.24 Å². The van der Waals surface area contributed by atoms with Crippen LogP contribution in [0.25, 0.3) is 16.7 Å². The van der Waals surface area contributed by atoms with E-state index in [9.17, 15) is 0 Å². The number of hydrogen-bond acceptors (Lipinski definition) is 1. The fraction of sp³-hybridized carbons (Fsp3) is 0.189. The van der Waals surface area contributed by atoms with E-state index >= 15 is 0 Å². The number of hydrogen-bond donors (Lipinski definition) is 0. The molecule has 38 heavy (non-hydrogen) atoms. The van der Waals surface area contributed by atoms with Gasteiger partial charge in [-0.05, 0) is 91.0 Å². The zero-order chi connectivity index (χ0) is 25.7. The van der Waals surface area contributed by atoms with E-state index in [-0.39, 0.29) is 0 Å². The Bertz CT molecular complexity index is 1470. The molecule has 188 valence electrons. The second-order valence-corrected chi connectivity index (χ2v) is 10.5. The van der Waals surface area contributed by atoms with E-state index in [1.165, 1.54) is 56.9 Å². The third-order valence-corrected chi connectivity index (χ3v) is 7.98. The Balaban J connectivity index is 1.32. The first-order valence-corrected chi connectivity index (χ1v) is 13.9. The van der Waals surface area contributed by atoms with Gasteiger partial charge in [0.05, 0.1) is 0 Å². The SMILES string of the molecule is Cc1cccc(-c2ccc(N(C3=CC=C(c4ccccc4)CC3)C3=CCC(c4ccccc4)CC3)cc2)c1. The van der Waals surface area contributed by atoms with Gasteiger partial charge < -0.3 is 4.90 Å². The fourth-order valence-corrected chi connectivity index (χ4v) is 5.90. The first kappa shape index (κ1) is 24.2. The van der Waals surface area contributed by atoms with Gasteiger partial charge in [-0.25, -0.2) is 0 Å². The molecule has 0 spiro atoms. The molecule has 1 atom stereocenters. The van der Waals surface area contributed by atoms with Crippen LogP contribution in [-0.2, 0) is 0 Å². The van der Waals surface area contributed by atoms with Gasteiger partial charge in [-0.1, -0.05) is 115 Å². The monoisotopic (exact) mass is 493 g/mol. The van der Waals surface area contributed by atoms with Gasteiger partial charge in [0.2, 0.25) is 0 Å². The summed E-state index contributed by atoms with van der Waals surface area (Å²) in [5, 5.41) is 0. The molecule has 2 aliphatic rings. The first-order chi connectivity index (χ1) is 18.7. The van der Waals surface area contributed by atoms with Crippen LogP contribution in [0.4, 0.5) is 5.69 Å². The molecule has 0 aliphatic heterocycles. The van der Waals surface area contributed by atoms with Crippen LogP contribution in [-0.4, -0.2) is 0 Å². The molecule has 4 aromatic rings. The van der Waals surface area contributed by atoms with Gasteiger partial charge in [-0.3, -0.25) is 0 Å². The van der Waals surface area contributed by atoms with Crippen molar-refractivity contribution in [3.8, 4) is 11.1 Å². The van der Waals surface area contributed by atoms with Crippen molar-refractivity contribution in [2.75, 3.05) is 4.90 Å². The number of nitrogens with zero attached hydrogens (tertiary/aromatic N) is 1. The lowest BCUT2D eigenvalue weighted by atomic mass is 9.85. The molecule has 0 bridgehead atoms. The second-order valence-electron chi connectivity index (χ2n) is 10.5. The van der Waals surface area contributed by atoms with E-state index in [1.807, 2.05) is 0 Å². The smallest absolute Gasteiger partial charge is 0.0455 e. The quantitative estimate of drug-likeness (QED) is 0.258. The Kier molecular flexibility index (Phi) is 7.09. The van der Waals surface area contributed by atoms with E-state index < -0.39 is 0 Å². The highest BCUT2D eigenvalue weighted by molar-refractivity contribution is 5.72. The van der Waals surface area contributed by atoms with Crippen LogP contribution in [0.2, 0.25) is 0 Å². The van der Waals surface area contributed by atoms with Gasteiger partial charge in [-0.2, -0.15) is 0 Å². The molecular formula is C37H35N. The summed E-state index contributed by atoms with van der Waals surface area (Å²) in [5.41, 5.74) is 12.1. The molecule has 1 unspecified atom stereocenters. The molecule has 0 radical (unpaired) electrons. The van der Waals surface area contributed by atoms with Gasteiger partial charge in [0.1, 0.15) is 0 Å². The summed E-state index contributed by atoms with van der Waals surface area (Å²) in [6.07, 6.45) is 12.6. The Hall–Kier alpha value is -4.10. The van der Waals surface area contributed by atoms with Gasteiger partial charge in [0, 0.05) is 17.1 Å². The van der Waals surface area contributed by atoms with Gasteiger partial charge in [0.15, 0.2) is 0 Å². The van der Waals surface area contributed by atoms with E-state index in [0.29, 0.717) is 5.92 Å². The van der Waals surface area contributed by atoms with E-state index in [4.69, 9.17) is 0 Å². The van der Waals surface area contributed by atoms with Crippen LogP contribution in [0, 0.1) is 6.92 Å². The van der Waals surface area contributed by atoms with Crippen LogP contribution in [0.1, 0.15) is 54.7 Å². The minimum atomic E-state index is 0.607. The van der Waals surface area contributed by atoms with E-state index in [0.717, 1.165) is 25.7 Å². The molecule has 0 saturated heterocycles. The number of benzene rings is 4. The summed E-state index contributed by atoms with van der Waals surface area (Å²) >= 11 is 0. The molecule has 0 amide bonds. The lowest BCUT2D eigenvalue weighted by molar-refractivity contribution is 0.589. The van der Waals surface area contributed by atoms with Crippen molar-refractivity contribution < 1.29 is 0 Å². The summed E-state index contributed by atoms with van der Waals surface area (Å²) in [5.74, 6) is 0.607. The summed E-state index contributed by atoms with van der Waals surface area (Å²) in [6.45, 7) is 2.16. The minimum Gasteiger partial charge on any atom is -0.318 e. The Morgan fingerprint density at radius 2 is 1.34 bits per heavy atom. The number of allylic oxidation sites excluding steroid dienone is 6. The standard InChI is InChI=1S/C37H35N/c1-28-9-8-14-34(27-28)33-19-25-37(26-20-33)38(35-21-15-31(16-22-35)29-10-4-2-5-11-29)36-23-17-32(18-24-36)30-12-6-3-7-13-30/h2-15,19-21,23,25-27,32H,16-18,22,24H2,1H3. The van der Waals surface area contributed by atoms with E-state index in [2.05, 4.69) is 139 Å². The fourth-order valence-electron chi connectivity index (χ4n) is 5.90. The first-order valence-electron chi connectivity index (χ1n) is 13.9. The molecule has 1 heteroatoms. The molecule has 0 aromatic heterocycles. The minimum absolute atomic E-state index is 0.607. The molecule has 4 aromatic carbocycles. The summed E-state index contributed by atoms with van der Waals surface area (Å²) < 4.78 is 0. The van der Waals surface area contributed by atoms with Crippen LogP contribution in [0.3, 0.4) is 0 Å². The third-order valence-electron chi connectivity index (χ3n) is 7.98. The molecule has 2 aliphatic carbocycles. The predicted molar refractivity (Wildman–Crippen MR) is 162 cm³/mol. The largest absolute Gasteiger partial charge is 0.318 e. The Morgan fingerprint density at radius 3 is 2.00 bits per heavy atom. The lowest BCUT2D eigenvalue weighted by Crippen LogP contribution is -2.25. The van der Waals surface area contributed by atoms with E-state index in [1.54, 1.807) is 0 Å².